The molecule has 0 radical (unpaired) electrons. The van der Waals surface area contributed by atoms with Crippen LogP contribution in [0.4, 0.5) is 5.69 Å². The van der Waals surface area contributed by atoms with E-state index in [0.717, 1.165) is 0 Å². The summed E-state index contributed by atoms with van der Waals surface area (Å²) in [6, 6.07) is 6.77. The fraction of sp³-hybridized carbons (Fsp3) is 0.300. The third kappa shape index (κ3) is 4.35. The number of carbonyl (C=O) groups is 3. The average Bonchev–Trinajstić information content (AvgIpc) is 2.80. The maximum absolute atomic E-state index is 12.8. The molecule has 1 N–H and O–H groups in total. The molecule has 12 heteroatoms. The van der Waals surface area contributed by atoms with Crippen molar-refractivity contribution >= 4 is 39.3 Å². The molecule has 1 unspecified atom stereocenters. The van der Waals surface area contributed by atoms with Crippen molar-refractivity contribution in [2.75, 3.05) is 37.4 Å². The van der Waals surface area contributed by atoms with E-state index in [1.807, 2.05) is 0 Å². The van der Waals surface area contributed by atoms with Gasteiger partial charge < -0.3 is 24.6 Å². The summed E-state index contributed by atoms with van der Waals surface area (Å²) >= 11 is 0. The van der Waals surface area contributed by atoms with Gasteiger partial charge in [0.1, 0.15) is 11.6 Å². The van der Waals surface area contributed by atoms with Gasteiger partial charge in [-0.25, -0.2) is 13.2 Å². The van der Waals surface area contributed by atoms with E-state index in [9.17, 15) is 22.8 Å². The van der Waals surface area contributed by atoms with Crippen LogP contribution in [-0.2, 0) is 29.1 Å². The zero-order chi connectivity index (χ0) is 22.9. The highest BCUT2D eigenvalue weighted by molar-refractivity contribution is 7.90. The standard InChI is InChI=1S/C20H20N4O7S/c1-21-19(26)16-11-24(14-4-2-3-5-15(14)31-16)18(25)12-30-20(27)13-6-7-17-22-32(28,29)9-8-23(17)10-13/h2-7,10,16H,8-9,11-12H2,1H3,(H,21,26). The van der Waals surface area contributed by atoms with Gasteiger partial charge in [0.15, 0.2) is 12.7 Å². The Kier molecular flexibility index (Phi) is 5.70. The molecule has 32 heavy (non-hydrogen) atoms. The molecule has 0 bridgehead atoms. The van der Waals surface area contributed by atoms with E-state index in [1.165, 1.54) is 35.2 Å². The van der Waals surface area contributed by atoms with E-state index in [-0.39, 0.29) is 36.2 Å². The number of likely N-dealkylation sites (N-methyl/N-ethyl adjacent to an activating group) is 1. The molecule has 2 amide bonds. The summed E-state index contributed by atoms with van der Waals surface area (Å²) in [5.41, 5.74) is 0.627. The Morgan fingerprint density at radius 1 is 1.25 bits per heavy atom. The first-order valence-corrected chi connectivity index (χ1v) is 11.3. The summed E-state index contributed by atoms with van der Waals surface area (Å²) in [5.74, 6) is -1.22. The highest BCUT2D eigenvalue weighted by Gasteiger charge is 2.34. The van der Waals surface area contributed by atoms with Gasteiger partial charge in [-0.3, -0.25) is 9.59 Å². The number of amides is 2. The van der Waals surface area contributed by atoms with Gasteiger partial charge in [-0.2, -0.15) is 0 Å². The largest absolute Gasteiger partial charge is 0.477 e. The van der Waals surface area contributed by atoms with Gasteiger partial charge in [0.2, 0.25) is 0 Å². The lowest BCUT2D eigenvalue weighted by molar-refractivity contribution is -0.144. The Labute approximate surface area is 184 Å². The maximum Gasteiger partial charge on any atom is 0.340 e. The summed E-state index contributed by atoms with van der Waals surface area (Å²) < 4.78 is 37.6. The van der Waals surface area contributed by atoms with Crippen LogP contribution in [0.25, 0.3) is 0 Å². The van der Waals surface area contributed by atoms with Crippen molar-refractivity contribution in [3.05, 3.63) is 48.2 Å². The van der Waals surface area contributed by atoms with Gasteiger partial charge in [-0.15, -0.1) is 4.40 Å². The third-order valence-electron chi connectivity index (χ3n) is 5.00. The second-order valence-electron chi connectivity index (χ2n) is 7.12. The first kappa shape index (κ1) is 21.6. The van der Waals surface area contributed by atoms with Crippen LogP contribution in [0.1, 0.15) is 0 Å². The number of fused-ring (bicyclic) bond motifs is 2. The molecule has 168 valence electrons. The van der Waals surface area contributed by atoms with Crippen LogP contribution in [0, 0.1) is 0 Å². The molecule has 11 nitrogen and oxygen atoms in total. The van der Waals surface area contributed by atoms with Gasteiger partial charge >= 0.3 is 5.97 Å². The quantitative estimate of drug-likeness (QED) is 0.598. The number of amidine groups is 1. The molecule has 4 rings (SSSR count). The number of ether oxygens (including phenoxy) is 2. The summed E-state index contributed by atoms with van der Waals surface area (Å²) in [4.78, 5) is 40.2. The first-order chi connectivity index (χ1) is 15.3. The number of nitrogens with one attached hydrogen (secondary N) is 1. The number of nitrogens with zero attached hydrogens (tertiary/aromatic N) is 3. The monoisotopic (exact) mass is 460 g/mol. The van der Waals surface area contributed by atoms with Crippen LogP contribution in [0.2, 0.25) is 0 Å². The zero-order valence-corrected chi connectivity index (χ0v) is 17.9. The van der Waals surface area contributed by atoms with Gasteiger partial charge in [-0.1, -0.05) is 12.1 Å². The second-order valence-corrected chi connectivity index (χ2v) is 8.87. The first-order valence-electron chi connectivity index (χ1n) is 9.71. The molecule has 0 saturated heterocycles. The normalized spacial score (nSPS) is 20.7. The molecular weight excluding hydrogens is 440 g/mol. The van der Waals surface area contributed by atoms with E-state index in [2.05, 4.69) is 9.71 Å². The van der Waals surface area contributed by atoms with Gasteiger partial charge in [0.25, 0.3) is 21.8 Å². The molecule has 1 aromatic rings. The SMILES string of the molecule is CNC(=O)C1CN(C(=O)COC(=O)C2=CN3CCS(=O)(=O)N=C3C=C2)c2ccccc2O1. The van der Waals surface area contributed by atoms with Crippen LogP contribution in [0.5, 0.6) is 5.75 Å². The van der Waals surface area contributed by atoms with Crippen molar-refractivity contribution in [2.45, 2.75) is 6.10 Å². The number of hydrogen-bond acceptors (Lipinski definition) is 8. The Morgan fingerprint density at radius 2 is 2.03 bits per heavy atom. The van der Waals surface area contributed by atoms with E-state index < -0.39 is 34.6 Å². The number of carbonyl (C=O) groups excluding carboxylic acids is 3. The average molecular weight is 460 g/mol. The number of sulfonamides is 1. The highest BCUT2D eigenvalue weighted by Crippen LogP contribution is 2.33. The summed E-state index contributed by atoms with van der Waals surface area (Å²) in [7, 11) is -2.03. The Bertz CT molecular complexity index is 1170. The van der Waals surface area contributed by atoms with Crippen LogP contribution >= 0.6 is 0 Å². The lowest BCUT2D eigenvalue weighted by Gasteiger charge is -2.33. The van der Waals surface area contributed by atoms with Crippen molar-refractivity contribution < 1.29 is 32.3 Å². The molecule has 0 aliphatic carbocycles. The smallest absolute Gasteiger partial charge is 0.340 e. The van der Waals surface area contributed by atoms with Crippen LogP contribution in [0.15, 0.2) is 52.6 Å². The molecule has 1 aromatic carbocycles. The minimum atomic E-state index is -3.50. The topological polar surface area (TPSA) is 135 Å². The number of esters is 1. The minimum absolute atomic E-state index is 0.0300. The number of rotatable bonds is 4. The van der Waals surface area contributed by atoms with Crippen molar-refractivity contribution in [3.63, 3.8) is 0 Å². The number of hydrogen-bond donors (Lipinski definition) is 1. The second kappa shape index (κ2) is 8.46. The Balaban J connectivity index is 1.44. The number of para-hydroxylation sites is 2. The van der Waals surface area contributed by atoms with Crippen molar-refractivity contribution in [1.82, 2.24) is 10.2 Å². The number of anilines is 1. The van der Waals surface area contributed by atoms with E-state index >= 15 is 0 Å². The molecule has 1 atom stereocenters. The van der Waals surface area contributed by atoms with Crippen LogP contribution in [0.3, 0.4) is 0 Å². The Morgan fingerprint density at radius 3 is 2.81 bits per heavy atom. The van der Waals surface area contributed by atoms with Gasteiger partial charge in [0.05, 0.1) is 23.6 Å². The van der Waals surface area contributed by atoms with E-state index in [0.29, 0.717) is 11.4 Å². The minimum Gasteiger partial charge on any atom is -0.477 e. The summed E-state index contributed by atoms with van der Waals surface area (Å²) in [6.45, 7) is -0.418. The fourth-order valence-electron chi connectivity index (χ4n) is 3.38. The lowest BCUT2D eigenvalue weighted by Crippen LogP contribution is -2.51. The molecule has 0 spiro atoms. The molecule has 0 aromatic heterocycles. The maximum atomic E-state index is 12.8. The number of benzene rings is 1. The molecule has 3 heterocycles. The molecular formula is C20H20N4O7S. The third-order valence-corrected chi connectivity index (χ3v) is 6.16. The predicted octanol–water partition coefficient (Wildman–Crippen LogP) is -0.433. The van der Waals surface area contributed by atoms with Gasteiger partial charge in [0, 0.05) is 19.8 Å². The zero-order valence-electron chi connectivity index (χ0n) is 17.1. The Hall–Kier alpha value is -3.67. The summed E-state index contributed by atoms with van der Waals surface area (Å²) in [5, 5.41) is 2.49. The van der Waals surface area contributed by atoms with Crippen molar-refractivity contribution in [3.8, 4) is 5.75 Å². The summed E-state index contributed by atoms with van der Waals surface area (Å²) in [6.07, 6.45) is 3.33. The molecule has 0 saturated carbocycles. The van der Waals surface area contributed by atoms with Crippen LogP contribution < -0.4 is 15.0 Å². The molecule has 0 fully saturated rings. The lowest BCUT2D eigenvalue weighted by atomic mass is 10.1. The molecule has 3 aliphatic rings. The molecule has 3 aliphatic heterocycles. The van der Waals surface area contributed by atoms with Crippen molar-refractivity contribution in [1.29, 1.82) is 0 Å². The fourth-order valence-corrected chi connectivity index (χ4v) is 4.35. The van der Waals surface area contributed by atoms with Crippen LogP contribution in [-0.4, -0.2) is 75.5 Å². The highest BCUT2D eigenvalue weighted by atomic mass is 32.2. The van der Waals surface area contributed by atoms with Crippen molar-refractivity contribution in [2.24, 2.45) is 4.40 Å². The van der Waals surface area contributed by atoms with E-state index in [4.69, 9.17) is 9.47 Å². The van der Waals surface area contributed by atoms with Gasteiger partial charge in [-0.05, 0) is 24.3 Å². The van der Waals surface area contributed by atoms with E-state index in [1.54, 1.807) is 24.3 Å². The predicted molar refractivity (Wildman–Crippen MR) is 113 cm³/mol.